The van der Waals surface area contributed by atoms with Crippen LogP contribution in [0.2, 0.25) is 0 Å². The molecule has 1 saturated heterocycles. The van der Waals surface area contributed by atoms with Crippen LogP contribution in [0.1, 0.15) is 85.5 Å². The van der Waals surface area contributed by atoms with Gasteiger partial charge in [0.05, 0.1) is 12.2 Å². The molecule has 4 nitrogen and oxygen atoms in total. The van der Waals surface area contributed by atoms with E-state index >= 15 is 0 Å². The van der Waals surface area contributed by atoms with Crippen LogP contribution in [0, 0.1) is 46.8 Å². The lowest BCUT2D eigenvalue weighted by molar-refractivity contribution is -0.214. The Kier molecular flexibility index (Phi) is 4.03. The highest BCUT2D eigenvalue weighted by Crippen LogP contribution is 2.80. The van der Waals surface area contributed by atoms with Gasteiger partial charge in [0, 0.05) is 6.42 Å². The monoisotopic (exact) mass is 416 g/mol. The third-order valence-electron chi connectivity index (χ3n) is 11.4. The van der Waals surface area contributed by atoms with Crippen molar-refractivity contribution in [2.45, 2.75) is 102 Å². The first-order chi connectivity index (χ1) is 14.2. The van der Waals surface area contributed by atoms with Gasteiger partial charge < -0.3 is 14.6 Å². The highest BCUT2D eigenvalue weighted by Gasteiger charge is 2.84. The minimum atomic E-state index is -0.434. The third kappa shape index (κ3) is 2.19. The van der Waals surface area contributed by atoms with Gasteiger partial charge in [-0.05, 0) is 105 Å². The molecular weight excluding hydrogens is 376 g/mol. The Labute approximate surface area is 181 Å². The van der Waals surface area contributed by atoms with Crippen molar-refractivity contribution in [3.05, 3.63) is 0 Å². The molecule has 0 radical (unpaired) electrons. The van der Waals surface area contributed by atoms with Crippen molar-refractivity contribution in [3.63, 3.8) is 0 Å². The summed E-state index contributed by atoms with van der Waals surface area (Å²) in [5.41, 5.74) is -0.426. The number of esters is 1. The van der Waals surface area contributed by atoms with E-state index in [9.17, 15) is 9.90 Å². The van der Waals surface area contributed by atoms with Crippen LogP contribution in [0.3, 0.4) is 0 Å². The van der Waals surface area contributed by atoms with Crippen molar-refractivity contribution in [2.75, 3.05) is 6.61 Å². The van der Waals surface area contributed by atoms with Gasteiger partial charge in [-0.1, -0.05) is 20.8 Å². The van der Waals surface area contributed by atoms with Crippen molar-refractivity contribution in [3.8, 4) is 0 Å². The van der Waals surface area contributed by atoms with Crippen molar-refractivity contribution in [1.82, 2.24) is 0 Å². The molecule has 5 saturated carbocycles. The van der Waals surface area contributed by atoms with Gasteiger partial charge in [0.25, 0.3) is 0 Å². The summed E-state index contributed by atoms with van der Waals surface area (Å²) in [6.45, 7) is 9.49. The molecule has 1 heterocycles. The van der Waals surface area contributed by atoms with Crippen molar-refractivity contribution >= 4 is 5.97 Å². The fourth-order valence-electron chi connectivity index (χ4n) is 10.00. The second kappa shape index (κ2) is 6.04. The van der Waals surface area contributed by atoms with Crippen LogP contribution in [0.15, 0.2) is 0 Å². The minimum Gasteiger partial charge on any atom is -0.466 e. The summed E-state index contributed by atoms with van der Waals surface area (Å²) in [6.07, 6.45) is 9.60. The lowest BCUT2D eigenvalue weighted by Crippen LogP contribution is -2.63. The number of hydrogen-bond acceptors (Lipinski definition) is 4. The van der Waals surface area contributed by atoms with Crippen LogP contribution in [0.5, 0.6) is 0 Å². The van der Waals surface area contributed by atoms with Gasteiger partial charge in [-0.15, -0.1) is 0 Å². The zero-order chi connectivity index (χ0) is 21.1. The lowest BCUT2D eigenvalue weighted by atomic mass is 9.44. The molecule has 1 N–H and O–H groups in total. The van der Waals surface area contributed by atoms with Gasteiger partial charge in [-0.2, -0.15) is 0 Å². The number of hydrogen-bond donors (Lipinski definition) is 1. The maximum Gasteiger partial charge on any atom is 0.305 e. The van der Waals surface area contributed by atoms with Crippen LogP contribution in [-0.2, 0) is 14.3 Å². The predicted molar refractivity (Wildman–Crippen MR) is 114 cm³/mol. The third-order valence-corrected chi connectivity index (χ3v) is 11.4. The van der Waals surface area contributed by atoms with Crippen LogP contribution >= 0.6 is 0 Å². The van der Waals surface area contributed by atoms with E-state index in [0.29, 0.717) is 48.5 Å². The maximum atomic E-state index is 12.1. The largest absolute Gasteiger partial charge is 0.466 e. The molecule has 0 bridgehead atoms. The molecule has 11 atom stereocenters. The highest BCUT2D eigenvalue weighted by molar-refractivity contribution is 5.69. The number of ether oxygens (including phenoxy) is 2. The van der Waals surface area contributed by atoms with Gasteiger partial charge in [0.1, 0.15) is 11.2 Å². The molecule has 1 aliphatic heterocycles. The maximum absolute atomic E-state index is 12.1. The summed E-state index contributed by atoms with van der Waals surface area (Å²) in [6, 6.07) is 0. The van der Waals surface area contributed by atoms with E-state index in [4.69, 9.17) is 9.47 Å². The zero-order valence-corrected chi connectivity index (χ0v) is 19.3. The van der Waals surface area contributed by atoms with Crippen molar-refractivity contribution in [2.24, 2.45) is 46.8 Å². The SMILES string of the molecule is CCOC(=O)CC[C@@]12OC13CCC1C(C4CC4C4(O)CC(C)CCC14C)C3CC2C. The van der Waals surface area contributed by atoms with E-state index in [1.165, 1.54) is 32.1 Å². The molecule has 10 unspecified atom stereocenters. The average Bonchev–Trinajstić information content (AvgIpc) is 3.59. The van der Waals surface area contributed by atoms with Gasteiger partial charge in [-0.3, -0.25) is 4.79 Å². The number of aliphatic hydroxyl groups is 1. The molecule has 0 aromatic heterocycles. The molecule has 1 spiro atoms. The molecule has 6 rings (SSSR count). The molecule has 0 aromatic rings. The molecular formula is C26H40O4. The predicted octanol–water partition coefficient (Wildman–Crippen LogP) is 4.73. The second-order valence-corrected chi connectivity index (χ2v) is 12.3. The summed E-state index contributed by atoms with van der Waals surface area (Å²) in [5.74, 6) is 4.32. The van der Waals surface area contributed by atoms with Crippen LogP contribution in [-0.4, -0.2) is 34.5 Å². The number of carbonyl (C=O) groups is 1. The van der Waals surface area contributed by atoms with E-state index in [2.05, 4.69) is 20.8 Å². The van der Waals surface area contributed by atoms with E-state index in [1.807, 2.05) is 6.92 Å². The molecule has 0 aromatic carbocycles. The zero-order valence-electron chi connectivity index (χ0n) is 19.3. The molecule has 4 heteroatoms. The molecule has 0 amide bonds. The summed E-state index contributed by atoms with van der Waals surface area (Å²) >= 11 is 0. The minimum absolute atomic E-state index is 0.0149. The van der Waals surface area contributed by atoms with E-state index < -0.39 is 5.60 Å². The Morgan fingerprint density at radius 2 is 1.93 bits per heavy atom. The van der Waals surface area contributed by atoms with Gasteiger partial charge in [0.15, 0.2) is 0 Å². The van der Waals surface area contributed by atoms with E-state index in [0.717, 1.165) is 25.2 Å². The number of rotatable bonds is 4. The molecule has 168 valence electrons. The second-order valence-electron chi connectivity index (χ2n) is 12.3. The Morgan fingerprint density at radius 1 is 1.13 bits per heavy atom. The summed E-state index contributed by atoms with van der Waals surface area (Å²) in [7, 11) is 0. The molecule has 6 aliphatic rings. The highest BCUT2D eigenvalue weighted by atomic mass is 16.6. The quantitative estimate of drug-likeness (QED) is 0.532. The number of carbonyl (C=O) groups excluding carboxylic acids is 1. The average molecular weight is 417 g/mol. The van der Waals surface area contributed by atoms with Gasteiger partial charge in [-0.25, -0.2) is 0 Å². The van der Waals surface area contributed by atoms with Crippen LogP contribution in [0.4, 0.5) is 0 Å². The summed E-state index contributed by atoms with van der Waals surface area (Å²) in [4.78, 5) is 12.1. The molecule has 6 fully saturated rings. The van der Waals surface area contributed by atoms with Crippen LogP contribution < -0.4 is 0 Å². The first-order valence-electron chi connectivity index (χ1n) is 12.8. The van der Waals surface area contributed by atoms with Crippen LogP contribution in [0.25, 0.3) is 0 Å². The topological polar surface area (TPSA) is 59.1 Å². The Bertz CT molecular complexity index is 766. The Morgan fingerprint density at radius 3 is 2.70 bits per heavy atom. The summed E-state index contributed by atoms with van der Waals surface area (Å²) in [5, 5.41) is 12.0. The molecule has 5 aliphatic carbocycles. The summed E-state index contributed by atoms with van der Waals surface area (Å²) < 4.78 is 11.9. The van der Waals surface area contributed by atoms with Gasteiger partial charge >= 0.3 is 5.97 Å². The normalized spacial score (nSPS) is 59.8. The smallest absolute Gasteiger partial charge is 0.305 e. The van der Waals surface area contributed by atoms with Gasteiger partial charge in [0.2, 0.25) is 0 Å². The van der Waals surface area contributed by atoms with Crippen molar-refractivity contribution in [1.29, 1.82) is 0 Å². The molecule has 30 heavy (non-hydrogen) atoms. The first kappa shape index (κ1) is 20.0. The number of epoxide rings is 1. The lowest BCUT2D eigenvalue weighted by Gasteiger charge is -2.62. The number of fused-ring (bicyclic) bond motifs is 7. The van der Waals surface area contributed by atoms with E-state index in [1.54, 1.807) is 0 Å². The first-order valence-corrected chi connectivity index (χ1v) is 12.8. The Balaban J connectivity index is 1.28. The standard InChI is InChI=1S/C26H40O4/c1-5-29-21(27)8-11-25-16(3)12-20-22-17-13-19(17)24(28)14-15(2)6-9-23(24,4)18(22)7-10-26(20,25)30-25/h15-20,22,28H,5-14H2,1-4H3/t15?,16?,17?,18?,19?,20?,22?,23?,24?,25-,26?/m0/s1. The fraction of sp³-hybridized carbons (Fsp3) is 0.962. The fourth-order valence-corrected chi connectivity index (χ4v) is 10.00. The van der Waals surface area contributed by atoms with E-state index in [-0.39, 0.29) is 22.6 Å². The van der Waals surface area contributed by atoms with Crippen molar-refractivity contribution < 1.29 is 19.4 Å². The Hall–Kier alpha value is -0.610.